The lowest BCUT2D eigenvalue weighted by atomic mass is 9.90. The van der Waals surface area contributed by atoms with Gasteiger partial charge in [-0.1, -0.05) is 60.7 Å². The van der Waals surface area contributed by atoms with E-state index in [1.54, 1.807) is 4.90 Å². The molecular weight excluding hydrogens is 342 g/mol. The predicted molar refractivity (Wildman–Crippen MR) is 102 cm³/mol. The Bertz CT molecular complexity index is 747. The van der Waals surface area contributed by atoms with Crippen molar-refractivity contribution in [2.45, 2.75) is 31.9 Å². The molecule has 0 saturated carbocycles. The third kappa shape index (κ3) is 4.88. The number of amides is 1. The van der Waals surface area contributed by atoms with Crippen LogP contribution in [0.4, 0.5) is 4.79 Å². The summed E-state index contributed by atoms with van der Waals surface area (Å²) in [5.74, 6) is -0.684. The number of nitrogens with zero attached hydrogens (tertiary/aromatic N) is 1. The minimum atomic E-state index is -0.399. The van der Waals surface area contributed by atoms with Gasteiger partial charge in [0.25, 0.3) is 0 Å². The molecule has 2 aromatic rings. The van der Waals surface area contributed by atoms with E-state index in [0.717, 1.165) is 24.0 Å². The highest BCUT2D eigenvalue weighted by Gasteiger charge is 2.39. The summed E-state index contributed by atoms with van der Waals surface area (Å²) in [6.07, 6.45) is 1.80. The molecule has 27 heavy (non-hydrogen) atoms. The second-order valence-electron chi connectivity index (χ2n) is 6.76. The molecule has 2 aromatic carbocycles. The maximum atomic E-state index is 12.6. The second kappa shape index (κ2) is 9.21. The van der Waals surface area contributed by atoms with E-state index in [1.165, 1.54) is 7.11 Å². The first-order chi connectivity index (χ1) is 13.2. The van der Waals surface area contributed by atoms with E-state index in [0.29, 0.717) is 13.0 Å². The number of carbonyl (C=O) groups excluding carboxylic acids is 2. The lowest BCUT2D eigenvalue weighted by Gasteiger charge is -2.29. The zero-order chi connectivity index (χ0) is 19.1. The van der Waals surface area contributed by atoms with Gasteiger partial charge in [-0.15, -0.1) is 0 Å². The Morgan fingerprint density at radius 1 is 1.04 bits per heavy atom. The van der Waals surface area contributed by atoms with E-state index in [4.69, 9.17) is 9.47 Å². The number of methoxy groups -OCH3 is 1. The van der Waals surface area contributed by atoms with Gasteiger partial charge in [-0.3, -0.25) is 4.79 Å². The van der Waals surface area contributed by atoms with Gasteiger partial charge in [0, 0.05) is 12.6 Å². The Morgan fingerprint density at radius 3 is 2.30 bits per heavy atom. The summed E-state index contributed by atoms with van der Waals surface area (Å²) in [4.78, 5) is 26.8. The fraction of sp³-hybridized carbons (Fsp3) is 0.364. The number of carbonyl (C=O) groups is 2. The van der Waals surface area contributed by atoms with Crippen LogP contribution in [0.3, 0.4) is 0 Å². The molecule has 3 rings (SSSR count). The Hall–Kier alpha value is -2.82. The Balaban J connectivity index is 1.69. The van der Waals surface area contributed by atoms with Crippen LogP contribution in [0, 0.1) is 5.92 Å². The number of esters is 1. The van der Waals surface area contributed by atoms with Crippen molar-refractivity contribution in [3.63, 3.8) is 0 Å². The van der Waals surface area contributed by atoms with Gasteiger partial charge in [-0.2, -0.15) is 0 Å². The van der Waals surface area contributed by atoms with E-state index < -0.39 is 5.92 Å². The highest BCUT2D eigenvalue weighted by molar-refractivity contribution is 5.76. The molecule has 1 saturated heterocycles. The molecule has 0 bridgehead atoms. The standard InChI is InChI=1S/C22H25NO4/c1-26-21(24)19(15-17-9-4-2-5-10-17)20-13-8-14-23(20)22(25)27-16-18-11-6-3-7-12-18/h2-7,9-12,19-20H,8,13-16H2,1H3/t19-,20+/m0/s1. The maximum absolute atomic E-state index is 12.6. The summed E-state index contributed by atoms with van der Waals surface area (Å²) in [7, 11) is 1.40. The van der Waals surface area contributed by atoms with Crippen molar-refractivity contribution < 1.29 is 19.1 Å². The molecule has 0 aromatic heterocycles. The smallest absolute Gasteiger partial charge is 0.410 e. The number of rotatable bonds is 6. The quantitative estimate of drug-likeness (QED) is 0.729. The first-order valence-electron chi connectivity index (χ1n) is 9.28. The molecule has 0 unspecified atom stereocenters. The van der Waals surface area contributed by atoms with Crippen molar-refractivity contribution in [2.75, 3.05) is 13.7 Å². The zero-order valence-corrected chi connectivity index (χ0v) is 15.5. The third-order valence-electron chi connectivity index (χ3n) is 5.01. The van der Waals surface area contributed by atoms with Crippen molar-refractivity contribution in [3.8, 4) is 0 Å². The number of likely N-dealkylation sites (tertiary alicyclic amines) is 1. The molecule has 1 amide bonds. The van der Waals surface area contributed by atoms with E-state index in [-0.39, 0.29) is 24.7 Å². The van der Waals surface area contributed by atoms with Crippen LogP contribution in [0.5, 0.6) is 0 Å². The molecule has 0 spiro atoms. The first kappa shape index (κ1) is 19.0. The maximum Gasteiger partial charge on any atom is 0.410 e. The van der Waals surface area contributed by atoms with Crippen LogP contribution < -0.4 is 0 Å². The topological polar surface area (TPSA) is 55.8 Å². The monoisotopic (exact) mass is 367 g/mol. The normalized spacial score (nSPS) is 17.4. The van der Waals surface area contributed by atoms with E-state index in [2.05, 4.69) is 0 Å². The average molecular weight is 367 g/mol. The average Bonchev–Trinajstić information content (AvgIpc) is 3.21. The molecule has 1 fully saturated rings. The number of hydrogen-bond donors (Lipinski definition) is 0. The zero-order valence-electron chi connectivity index (χ0n) is 15.5. The van der Waals surface area contributed by atoms with Gasteiger partial charge >= 0.3 is 12.1 Å². The summed E-state index contributed by atoms with van der Waals surface area (Å²) < 4.78 is 10.5. The van der Waals surface area contributed by atoms with E-state index in [1.807, 2.05) is 60.7 Å². The van der Waals surface area contributed by atoms with Crippen LogP contribution in [0.25, 0.3) is 0 Å². The van der Waals surface area contributed by atoms with Crippen LogP contribution in [-0.4, -0.2) is 36.7 Å². The van der Waals surface area contributed by atoms with Crippen LogP contribution in [-0.2, 0) is 27.3 Å². The number of hydrogen-bond acceptors (Lipinski definition) is 4. The van der Waals surface area contributed by atoms with Crippen LogP contribution in [0.2, 0.25) is 0 Å². The number of benzene rings is 2. The van der Waals surface area contributed by atoms with Gasteiger partial charge in [-0.05, 0) is 30.4 Å². The molecule has 1 heterocycles. The molecule has 0 aliphatic carbocycles. The van der Waals surface area contributed by atoms with Gasteiger partial charge in [-0.25, -0.2) is 4.79 Å². The summed E-state index contributed by atoms with van der Waals surface area (Å²) >= 11 is 0. The Kier molecular flexibility index (Phi) is 6.47. The Labute approximate surface area is 159 Å². The Morgan fingerprint density at radius 2 is 1.67 bits per heavy atom. The minimum absolute atomic E-state index is 0.207. The summed E-state index contributed by atoms with van der Waals surface area (Å²) in [6.45, 7) is 0.824. The van der Waals surface area contributed by atoms with Crippen LogP contribution in [0.1, 0.15) is 24.0 Å². The van der Waals surface area contributed by atoms with Crippen molar-refractivity contribution >= 4 is 12.1 Å². The highest BCUT2D eigenvalue weighted by Crippen LogP contribution is 2.28. The lowest BCUT2D eigenvalue weighted by molar-refractivity contribution is -0.147. The third-order valence-corrected chi connectivity index (χ3v) is 5.01. The van der Waals surface area contributed by atoms with Gasteiger partial charge in [0.1, 0.15) is 6.61 Å². The van der Waals surface area contributed by atoms with Gasteiger partial charge in [0.05, 0.1) is 13.0 Å². The van der Waals surface area contributed by atoms with Crippen molar-refractivity contribution in [2.24, 2.45) is 5.92 Å². The molecule has 5 heteroatoms. The van der Waals surface area contributed by atoms with Crippen molar-refractivity contribution in [1.29, 1.82) is 0 Å². The molecular formula is C22H25NO4. The van der Waals surface area contributed by atoms with E-state index >= 15 is 0 Å². The summed E-state index contributed by atoms with van der Waals surface area (Å²) in [6, 6.07) is 19.2. The van der Waals surface area contributed by atoms with Gasteiger partial charge < -0.3 is 14.4 Å². The highest BCUT2D eigenvalue weighted by atomic mass is 16.6. The molecule has 142 valence electrons. The minimum Gasteiger partial charge on any atom is -0.469 e. The summed E-state index contributed by atoms with van der Waals surface area (Å²) in [5.41, 5.74) is 1.99. The van der Waals surface area contributed by atoms with Crippen LogP contribution in [0.15, 0.2) is 60.7 Å². The van der Waals surface area contributed by atoms with E-state index in [9.17, 15) is 9.59 Å². The molecule has 0 radical (unpaired) electrons. The SMILES string of the molecule is COC(=O)[C@@H](Cc1ccccc1)[C@H]1CCCN1C(=O)OCc1ccccc1. The number of ether oxygens (including phenoxy) is 2. The van der Waals surface area contributed by atoms with Crippen molar-refractivity contribution in [3.05, 3.63) is 71.8 Å². The predicted octanol–water partition coefficient (Wildman–Crippen LogP) is 3.82. The molecule has 0 N–H and O–H groups in total. The van der Waals surface area contributed by atoms with Gasteiger partial charge in [0.2, 0.25) is 0 Å². The molecule has 5 nitrogen and oxygen atoms in total. The molecule has 2 atom stereocenters. The first-order valence-corrected chi connectivity index (χ1v) is 9.28. The molecule has 1 aliphatic heterocycles. The van der Waals surface area contributed by atoms with Gasteiger partial charge in [0.15, 0.2) is 0 Å². The fourth-order valence-electron chi connectivity index (χ4n) is 3.64. The lowest BCUT2D eigenvalue weighted by Crippen LogP contribution is -2.44. The second-order valence-corrected chi connectivity index (χ2v) is 6.76. The fourth-order valence-corrected chi connectivity index (χ4v) is 3.64. The van der Waals surface area contributed by atoms with Crippen molar-refractivity contribution in [1.82, 2.24) is 4.90 Å². The summed E-state index contributed by atoms with van der Waals surface area (Å²) in [5, 5.41) is 0. The largest absolute Gasteiger partial charge is 0.469 e. The van der Waals surface area contributed by atoms with Crippen LogP contribution >= 0.6 is 0 Å². The molecule has 1 aliphatic rings.